The van der Waals surface area contributed by atoms with Gasteiger partial charge >= 0.3 is 5.97 Å². The third-order valence-electron chi connectivity index (χ3n) is 6.10. The highest BCUT2D eigenvalue weighted by Crippen LogP contribution is 2.49. The summed E-state index contributed by atoms with van der Waals surface area (Å²) in [6.45, 7) is 5.36. The molecule has 1 heterocycles. The number of esters is 1. The van der Waals surface area contributed by atoms with Crippen LogP contribution in [0, 0.1) is 5.82 Å². The van der Waals surface area contributed by atoms with E-state index in [2.05, 4.69) is 10.0 Å². The van der Waals surface area contributed by atoms with Crippen LogP contribution in [0.3, 0.4) is 0 Å². The molecule has 1 aliphatic rings. The SMILES string of the molecule is CNC(=O)C1c2cc(-c3ccc(/C=C/C(=O)OC(C)(C)C)cc3)c(NS(C)(=O)=O)cc2OC1c1ccc(F)cc1. The molecule has 0 bridgehead atoms. The number of rotatable bonds is 7. The maximum absolute atomic E-state index is 13.6. The molecular formula is C30H31FN2O6S. The zero-order valence-corrected chi connectivity index (χ0v) is 23.6. The normalized spacial score (nSPS) is 16.8. The lowest BCUT2D eigenvalue weighted by molar-refractivity contribution is -0.148. The van der Waals surface area contributed by atoms with Crippen LogP contribution in [-0.4, -0.2) is 39.2 Å². The summed E-state index contributed by atoms with van der Waals surface area (Å²) >= 11 is 0. The van der Waals surface area contributed by atoms with E-state index in [-0.39, 0.29) is 11.6 Å². The predicted octanol–water partition coefficient (Wildman–Crippen LogP) is 5.18. The van der Waals surface area contributed by atoms with Gasteiger partial charge in [-0.15, -0.1) is 0 Å². The van der Waals surface area contributed by atoms with Gasteiger partial charge in [0.15, 0.2) is 0 Å². The Kier molecular flexibility index (Phi) is 8.02. The number of sulfonamides is 1. The lowest BCUT2D eigenvalue weighted by Gasteiger charge is -2.18. The second-order valence-corrected chi connectivity index (χ2v) is 12.2. The van der Waals surface area contributed by atoms with E-state index in [9.17, 15) is 22.4 Å². The van der Waals surface area contributed by atoms with E-state index in [0.717, 1.165) is 11.8 Å². The first kappa shape index (κ1) is 28.8. The van der Waals surface area contributed by atoms with Crippen LogP contribution in [0.25, 0.3) is 17.2 Å². The molecule has 1 amide bonds. The van der Waals surface area contributed by atoms with Crippen molar-refractivity contribution >= 4 is 33.7 Å². The van der Waals surface area contributed by atoms with Gasteiger partial charge in [-0.1, -0.05) is 36.4 Å². The van der Waals surface area contributed by atoms with E-state index in [4.69, 9.17) is 9.47 Å². The van der Waals surface area contributed by atoms with E-state index >= 15 is 0 Å². The molecule has 0 radical (unpaired) electrons. The first-order chi connectivity index (χ1) is 18.7. The molecule has 3 aromatic carbocycles. The Labute approximate surface area is 233 Å². The van der Waals surface area contributed by atoms with Crippen LogP contribution < -0.4 is 14.8 Å². The lowest BCUT2D eigenvalue weighted by atomic mass is 9.88. The van der Waals surface area contributed by atoms with Crippen molar-refractivity contribution in [1.82, 2.24) is 5.32 Å². The fourth-order valence-electron chi connectivity index (χ4n) is 4.45. The number of halogens is 1. The minimum Gasteiger partial charge on any atom is -0.484 e. The number of carbonyl (C=O) groups excluding carboxylic acids is 2. The summed E-state index contributed by atoms with van der Waals surface area (Å²) in [5.41, 5.74) is 2.77. The van der Waals surface area contributed by atoms with Crippen molar-refractivity contribution in [3.05, 3.63) is 89.2 Å². The van der Waals surface area contributed by atoms with E-state index in [1.54, 1.807) is 75.4 Å². The quantitative estimate of drug-likeness (QED) is 0.301. The Morgan fingerprint density at radius 3 is 2.25 bits per heavy atom. The number of hydrogen-bond acceptors (Lipinski definition) is 6. The smallest absolute Gasteiger partial charge is 0.331 e. The van der Waals surface area contributed by atoms with Crippen LogP contribution in [0.5, 0.6) is 5.75 Å². The van der Waals surface area contributed by atoms with Crippen LogP contribution in [0.2, 0.25) is 0 Å². The Morgan fingerprint density at radius 1 is 1.02 bits per heavy atom. The monoisotopic (exact) mass is 566 g/mol. The van der Waals surface area contributed by atoms with Crippen LogP contribution in [0.4, 0.5) is 10.1 Å². The summed E-state index contributed by atoms with van der Waals surface area (Å²) in [7, 11) is -2.14. The zero-order chi connectivity index (χ0) is 29.2. The summed E-state index contributed by atoms with van der Waals surface area (Å²) in [6.07, 6.45) is 3.27. The topological polar surface area (TPSA) is 111 Å². The minimum atomic E-state index is -3.66. The molecule has 2 atom stereocenters. The van der Waals surface area contributed by atoms with Crippen molar-refractivity contribution in [3.63, 3.8) is 0 Å². The number of benzene rings is 3. The van der Waals surface area contributed by atoms with E-state index in [0.29, 0.717) is 28.0 Å². The first-order valence-corrected chi connectivity index (χ1v) is 14.4. The molecule has 3 aromatic rings. The van der Waals surface area contributed by atoms with Gasteiger partial charge < -0.3 is 14.8 Å². The summed E-state index contributed by atoms with van der Waals surface area (Å²) in [5, 5.41) is 2.67. The van der Waals surface area contributed by atoms with Crippen LogP contribution in [0.1, 0.15) is 49.5 Å². The Morgan fingerprint density at radius 2 is 1.68 bits per heavy atom. The van der Waals surface area contributed by atoms with Crippen LogP contribution >= 0.6 is 0 Å². The molecule has 0 saturated heterocycles. The molecule has 4 rings (SSSR count). The van der Waals surface area contributed by atoms with Gasteiger partial charge in [0.25, 0.3) is 0 Å². The molecule has 2 N–H and O–H groups in total. The minimum absolute atomic E-state index is 0.272. The molecular weight excluding hydrogens is 535 g/mol. The maximum atomic E-state index is 13.6. The molecule has 2 unspecified atom stereocenters. The highest BCUT2D eigenvalue weighted by atomic mass is 32.2. The van der Waals surface area contributed by atoms with Crippen LogP contribution in [0.15, 0.2) is 66.7 Å². The number of carbonyl (C=O) groups is 2. The standard InChI is InChI=1S/C30H31FN2O6S/c1-30(2,3)39-26(34)15-8-18-6-9-19(10-7-18)22-16-23-25(17-24(22)33-40(5,36)37)38-28(27(23)29(35)32-4)20-11-13-21(31)14-12-20/h6-17,27-28,33H,1-5H3,(H,32,35)/b15-8+. The van der Waals surface area contributed by atoms with Gasteiger partial charge in [-0.25, -0.2) is 17.6 Å². The van der Waals surface area contributed by atoms with Gasteiger partial charge in [-0.05, 0) is 61.7 Å². The van der Waals surface area contributed by atoms with Gasteiger partial charge in [-0.2, -0.15) is 0 Å². The predicted molar refractivity (Wildman–Crippen MR) is 152 cm³/mol. The molecule has 0 saturated carbocycles. The van der Waals surface area contributed by atoms with Crippen LogP contribution in [-0.2, 0) is 24.3 Å². The van der Waals surface area contributed by atoms with Crippen molar-refractivity contribution in [1.29, 1.82) is 0 Å². The van der Waals surface area contributed by atoms with E-state index in [1.165, 1.54) is 25.3 Å². The number of amides is 1. The highest BCUT2D eigenvalue weighted by Gasteiger charge is 2.41. The third-order valence-corrected chi connectivity index (χ3v) is 6.70. The first-order valence-electron chi connectivity index (χ1n) is 12.5. The van der Waals surface area contributed by atoms with E-state index in [1.807, 2.05) is 0 Å². The molecule has 0 spiro atoms. The molecule has 40 heavy (non-hydrogen) atoms. The summed E-state index contributed by atoms with van der Waals surface area (Å²) in [4.78, 5) is 25.1. The molecule has 0 aliphatic carbocycles. The summed E-state index contributed by atoms with van der Waals surface area (Å²) in [6, 6.07) is 16.1. The number of ether oxygens (including phenoxy) is 2. The van der Waals surface area contributed by atoms with Gasteiger partial charge in [0.05, 0.1) is 11.9 Å². The molecule has 8 nitrogen and oxygen atoms in total. The molecule has 210 valence electrons. The Balaban J connectivity index is 1.74. The average molecular weight is 567 g/mol. The number of nitrogens with one attached hydrogen (secondary N) is 2. The van der Waals surface area contributed by atoms with Crippen molar-refractivity contribution in [3.8, 4) is 16.9 Å². The second-order valence-electron chi connectivity index (χ2n) is 10.5. The third kappa shape index (κ3) is 6.87. The van der Waals surface area contributed by atoms with Gasteiger partial charge in [0, 0.05) is 30.3 Å². The Hall–Kier alpha value is -4.18. The lowest BCUT2D eigenvalue weighted by Crippen LogP contribution is -2.28. The molecule has 10 heteroatoms. The molecule has 0 fully saturated rings. The maximum Gasteiger partial charge on any atom is 0.331 e. The number of likely N-dealkylation sites (N-methyl/N-ethyl adjacent to an activating group) is 1. The fourth-order valence-corrected chi connectivity index (χ4v) is 5.02. The molecule has 0 aromatic heterocycles. The highest BCUT2D eigenvalue weighted by molar-refractivity contribution is 7.92. The zero-order valence-electron chi connectivity index (χ0n) is 22.8. The largest absolute Gasteiger partial charge is 0.484 e. The number of anilines is 1. The number of hydrogen-bond donors (Lipinski definition) is 2. The van der Waals surface area contributed by atoms with Crippen molar-refractivity contribution in [2.45, 2.75) is 38.4 Å². The van der Waals surface area contributed by atoms with Gasteiger partial charge in [0.1, 0.15) is 29.2 Å². The van der Waals surface area contributed by atoms with Crippen molar-refractivity contribution < 1.29 is 31.9 Å². The Bertz CT molecular complexity index is 1560. The summed E-state index contributed by atoms with van der Waals surface area (Å²) in [5.74, 6) is -1.60. The van der Waals surface area contributed by atoms with Crippen molar-refractivity contribution in [2.24, 2.45) is 0 Å². The van der Waals surface area contributed by atoms with Gasteiger partial charge in [0.2, 0.25) is 15.9 Å². The van der Waals surface area contributed by atoms with Crippen molar-refractivity contribution in [2.75, 3.05) is 18.0 Å². The van der Waals surface area contributed by atoms with E-state index < -0.39 is 39.4 Å². The summed E-state index contributed by atoms with van der Waals surface area (Å²) < 4.78 is 52.0. The van der Waals surface area contributed by atoms with Gasteiger partial charge in [-0.3, -0.25) is 9.52 Å². The fraction of sp³-hybridized carbons (Fsp3) is 0.267. The molecule has 1 aliphatic heterocycles. The number of fused-ring (bicyclic) bond motifs is 1. The average Bonchev–Trinajstić information content (AvgIpc) is 3.23. The second kappa shape index (κ2) is 11.1.